The molecule has 1 aliphatic carbocycles. The van der Waals surface area contributed by atoms with Crippen LogP contribution in [-0.4, -0.2) is 41.6 Å². The summed E-state index contributed by atoms with van der Waals surface area (Å²) < 4.78 is 5.44. The van der Waals surface area contributed by atoms with Crippen LogP contribution >= 0.6 is 35.7 Å². The molecule has 2 N–H and O–H groups in total. The van der Waals surface area contributed by atoms with Gasteiger partial charge < -0.3 is 15.4 Å². The van der Waals surface area contributed by atoms with Gasteiger partial charge in [0, 0.05) is 30.1 Å². The second kappa shape index (κ2) is 11.8. The molecule has 0 saturated heterocycles. The van der Waals surface area contributed by atoms with Crippen molar-refractivity contribution in [3.63, 3.8) is 0 Å². The van der Waals surface area contributed by atoms with E-state index in [0.29, 0.717) is 25.1 Å². The van der Waals surface area contributed by atoms with Crippen molar-refractivity contribution in [3.05, 3.63) is 23.9 Å². The molecule has 0 spiro atoms. The molecule has 1 aromatic rings. The molecule has 1 saturated carbocycles. The molecule has 2 unspecified atom stereocenters. The monoisotopic (exact) mass is 464 g/mol. The van der Waals surface area contributed by atoms with E-state index in [4.69, 9.17) is 9.73 Å². The molecule has 0 bridgehead atoms. The SMILES string of the molecule is CCNC(=NCc1ccnc(OCC)c1)NC1CCC(SC)C1.I. The van der Waals surface area contributed by atoms with E-state index in [1.165, 1.54) is 19.3 Å². The van der Waals surface area contributed by atoms with Crippen molar-refractivity contribution in [2.45, 2.75) is 50.9 Å². The van der Waals surface area contributed by atoms with Gasteiger partial charge in [-0.3, -0.25) is 0 Å². The summed E-state index contributed by atoms with van der Waals surface area (Å²) in [4.78, 5) is 8.89. The fourth-order valence-electron chi connectivity index (χ4n) is 2.74. The number of aliphatic imine (C=N–C) groups is 1. The summed E-state index contributed by atoms with van der Waals surface area (Å²) in [6, 6.07) is 4.46. The van der Waals surface area contributed by atoms with Crippen molar-refractivity contribution < 1.29 is 4.74 Å². The zero-order chi connectivity index (χ0) is 16.5. The molecule has 0 aromatic carbocycles. The van der Waals surface area contributed by atoms with E-state index < -0.39 is 0 Å². The molecule has 7 heteroatoms. The second-order valence-electron chi connectivity index (χ2n) is 5.64. The van der Waals surface area contributed by atoms with Crippen molar-refractivity contribution in [1.82, 2.24) is 15.6 Å². The Labute approximate surface area is 166 Å². The van der Waals surface area contributed by atoms with E-state index in [2.05, 4.69) is 28.8 Å². The average Bonchev–Trinajstić information content (AvgIpc) is 3.01. The van der Waals surface area contributed by atoms with Gasteiger partial charge in [-0.15, -0.1) is 24.0 Å². The molecule has 1 aromatic heterocycles. The molecule has 5 nitrogen and oxygen atoms in total. The Morgan fingerprint density at radius 3 is 2.92 bits per heavy atom. The summed E-state index contributed by atoms with van der Waals surface area (Å²) in [7, 11) is 0. The third-order valence-corrected chi connectivity index (χ3v) is 5.01. The van der Waals surface area contributed by atoms with Gasteiger partial charge in [0.05, 0.1) is 13.2 Å². The van der Waals surface area contributed by atoms with Gasteiger partial charge >= 0.3 is 0 Å². The highest BCUT2D eigenvalue weighted by Gasteiger charge is 2.24. The number of thioether (sulfide) groups is 1. The van der Waals surface area contributed by atoms with E-state index in [9.17, 15) is 0 Å². The van der Waals surface area contributed by atoms with Gasteiger partial charge in [0.2, 0.25) is 5.88 Å². The molecule has 1 aliphatic rings. The van der Waals surface area contributed by atoms with Crippen LogP contribution < -0.4 is 15.4 Å². The van der Waals surface area contributed by atoms with Crippen LogP contribution in [0, 0.1) is 0 Å². The van der Waals surface area contributed by atoms with Crippen LogP contribution in [0.4, 0.5) is 0 Å². The molecule has 0 radical (unpaired) electrons. The van der Waals surface area contributed by atoms with Gasteiger partial charge in [0.25, 0.3) is 0 Å². The number of guanidine groups is 1. The predicted molar refractivity (Wildman–Crippen MR) is 114 cm³/mol. The van der Waals surface area contributed by atoms with Crippen molar-refractivity contribution in [2.75, 3.05) is 19.4 Å². The number of rotatable bonds is 7. The summed E-state index contributed by atoms with van der Waals surface area (Å²) in [5, 5.41) is 7.69. The Hall–Kier alpha value is -0.700. The lowest BCUT2D eigenvalue weighted by Gasteiger charge is -2.17. The smallest absolute Gasteiger partial charge is 0.213 e. The fraction of sp³-hybridized carbons (Fsp3) is 0.647. The molecule has 2 atom stereocenters. The minimum Gasteiger partial charge on any atom is -0.478 e. The maximum Gasteiger partial charge on any atom is 0.213 e. The number of halogens is 1. The molecule has 136 valence electrons. The summed E-state index contributed by atoms with van der Waals surface area (Å²) >= 11 is 1.97. The first-order valence-electron chi connectivity index (χ1n) is 8.40. The normalized spacial score (nSPS) is 20.4. The van der Waals surface area contributed by atoms with Gasteiger partial charge in [-0.2, -0.15) is 11.8 Å². The zero-order valence-electron chi connectivity index (χ0n) is 14.7. The van der Waals surface area contributed by atoms with Crippen LogP contribution in [0.25, 0.3) is 0 Å². The van der Waals surface area contributed by atoms with Gasteiger partial charge in [0.1, 0.15) is 0 Å². The van der Waals surface area contributed by atoms with Crippen LogP contribution in [0.1, 0.15) is 38.7 Å². The fourth-order valence-corrected chi connectivity index (χ4v) is 3.54. The summed E-state index contributed by atoms with van der Waals surface area (Å²) in [5.41, 5.74) is 1.11. The van der Waals surface area contributed by atoms with E-state index in [1.807, 2.05) is 30.8 Å². The summed E-state index contributed by atoms with van der Waals surface area (Å²) in [5.74, 6) is 1.56. The lowest BCUT2D eigenvalue weighted by molar-refractivity contribution is 0.326. The van der Waals surface area contributed by atoms with Crippen LogP contribution in [0.3, 0.4) is 0 Å². The highest BCUT2D eigenvalue weighted by Crippen LogP contribution is 2.28. The Kier molecular flexibility index (Phi) is 10.5. The number of hydrogen-bond acceptors (Lipinski definition) is 4. The van der Waals surface area contributed by atoms with Crippen molar-refractivity contribution >= 4 is 41.7 Å². The molecule has 0 aliphatic heterocycles. The Bertz CT molecular complexity index is 515. The van der Waals surface area contributed by atoms with Crippen molar-refractivity contribution in [3.8, 4) is 5.88 Å². The minimum absolute atomic E-state index is 0. The first-order valence-corrected chi connectivity index (χ1v) is 9.69. The van der Waals surface area contributed by atoms with Gasteiger partial charge in [0.15, 0.2) is 5.96 Å². The lowest BCUT2D eigenvalue weighted by atomic mass is 10.2. The number of ether oxygens (including phenoxy) is 1. The number of nitrogens with zero attached hydrogens (tertiary/aromatic N) is 2. The molecular formula is C17H29IN4OS. The van der Waals surface area contributed by atoms with Crippen LogP contribution in [0.15, 0.2) is 23.3 Å². The molecule has 24 heavy (non-hydrogen) atoms. The molecule has 1 fully saturated rings. The van der Waals surface area contributed by atoms with Gasteiger partial charge in [-0.1, -0.05) is 0 Å². The topological polar surface area (TPSA) is 58.5 Å². The van der Waals surface area contributed by atoms with E-state index in [0.717, 1.165) is 23.3 Å². The standard InChI is InChI=1S/C17H28N4OS.HI/c1-4-18-17(21-14-6-7-15(11-14)23-3)20-12-13-8-9-19-16(10-13)22-5-2;/h8-10,14-15H,4-7,11-12H2,1-3H3,(H2,18,20,21);1H. The van der Waals surface area contributed by atoms with Crippen LogP contribution in [0.2, 0.25) is 0 Å². The first kappa shape index (κ1) is 21.3. The molecule has 0 amide bonds. The number of nitrogens with one attached hydrogen (secondary N) is 2. The Morgan fingerprint density at radius 2 is 2.25 bits per heavy atom. The number of hydrogen-bond donors (Lipinski definition) is 2. The van der Waals surface area contributed by atoms with Gasteiger partial charge in [-0.25, -0.2) is 9.98 Å². The average molecular weight is 464 g/mol. The molecule has 2 rings (SSSR count). The van der Waals surface area contributed by atoms with Crippen molar-refractivity contribution in [2.24, 2.45) is 4.99 Å². The highest BCUT2D eigenvalue weighted by molar-refractivity contribution is 14.0. The van der Waals surface area contributed by atoms with E-state index >= 15 is 0 Å². The van der Waals surface area contributed by atoms with E-state index in [1.54, 1.807) is 6.20 Å². The Morgan fingerprint density at radius 1 is 1.42 bits per heavy atom. The maximum absolute atomic E-state index is 5.44. The Balaban J connectivity index is 0.00000288. The van der Waals surface area contributed by atoms with E-state index in [-0.39, 0.29) is 24.0 Å². The number of pyridine rings is 1. The zero-order valence-corrected chi connectivity index (χ0v) is 17.9. The largest absolute Gasteiger partial charge is 0.478 e. The summed E-state index contributed by atoms with van der Waals surface area (Å²) in [6.07, 6.45) is 7.71. The van der Waals surface area contributed by atoms with Crippen LogP contribution in [0.5, 0.6) is 5.88 Å². The highest BCUT2D eigenvalue weighted by atomic mass is 127. The predicted octanol–water partition coefficient (Wildman–Crippen LogP) is 3.44. The lowest BCUT2D eigenvalue weighted by Crippen LogP contribution is -2.42. The molecular weight excluding hydrogens is 435 g/mol. The summed E-state index contributed by atoms with van der Waals surface area (Å²) in [6.45, 7) is 6.17. The van der Waals surface area contributed by atoms with Gasteiger partial charge in [-0.05, 0) is 51.0 Å². The maximum atomic E-state index is 5.44. The number of aromatic nitrogens is 1. The first-order chi connectivity index (χ1) is 11.2. The minimum atomic E-state index is 0. The van der Waals surface area contributed by atoms with Crippen molar-refractivity contribution in [1.29, 1.82) is 0 Å². The quantitative estimate of drug-likeness (QED) is 0.368. The van der Waals surface area contributed by atoms with Crippen LogP contribution in [-0.2, 0) is 6.54 Å². The third-order valence-electron chi connectivity index (χ3n) is 3.91. The molecule has 1 heterocycles. The third kappa shape index (κ3) is 7.04. The second-order valence-corrected chi connectivity index (χ2v) is 6.78.